The second-order valence-electron chi connectivity index (χ2n) is 6.06. The zero-order valence-corrected chi connectivity index (χ0v) is 12.9. The Hall–Kier alpha value is -1.26. The minimum Gasteiger partial charge on any atom is -0.480 e. The zero-order chi connectivity index (χ0) is 15.2. The van der Waals surface area contributed by atoms with E-state index in [0.717, 1.165) is 18.8 Å². The van der Waals surface area contributed by atoms with Gasteiger partial charge in [-0.05, 0) is 37.5 Å². The highest BCUT2D eigenvalue weighted by Gasteiger charge is 2.36. The quantitative estimate of drug-likeness (QED) is 0.701. The molecule has 0 aromatic carbocycles. The molecule has 0 saturated heterocycles. The number of amides is 2. The van der Waals surface area contributed by atoms with E-state index < -0.39 is 11.5 Å². The molecule has 1 aliphatic rings. The topological polar surface area (TPSA) is 78.4 Å². The Morgan fingerprint density at radius 1 is 1.15 bits per heavy atom. The highest BCUT2D eigenvalue weighted by Crippen LogP contribution is 2.27. The molecule has 0 bridgehead atoms. The van der Waals surface area contributed by atoms with E-state index in [1.807, 2.05) is 0 Å². The van der Waals surface area contributed by atoms with Crippen LogP contribution in [0.25, 0.3) is 0 Å². The van der Waals surface area contributed by atoms with Crippen LogP contribution in [0.1, 0.15) is 59.3 Å². The number of nitrogens with one attached hydrogen (secondary N) is 2. The van der Waals surface area contributed by atoms with Gasteiger partial charge in [0.2, 0.25) is 0 Å². The molecular formula is C15H28N2O3. The average molecular weight is 284 g/mol. The normalized spacial score (nSPS) is 23.1. The van der Waals surface area contributed by atoms with Crippen molar-refractivity contribution in [1.29, 1.82) is 0 Å². The summed E-state index contributed by atoms with van der Waals surface area (Å²) in [5, 5.41) is 14.7. The van der Waals surface area contributed by atoms with Gasteiger partial charge in [0.1, 0.15) is 5.54 Å². The van der Waals surface area contributed by atoms with Crippen LogP contribution in [-0.4, -0.2) is 29.2 Å². The minimum absolute atomic E-state index is 0.366. The maximum atomic E-state index is 11.9. The maximum Gasteiger partial charge on any atom is 0.329 e. The molecule has 0 unspecified atom stereocenters. The Balaban J connectivity index is 2.41. The molecule has 3 N–H and O–H groups in total. The molecule has 0 aliphatic heterocycles. The van der Waals surface area contributed by atoms with Crippen LogP contribution in [0.2, 0.25) is 0 Å². The van der Waals surface area contributed by atoms with Gasteiger partial charge in [0.25, 0.3) is 0 Å². The molecule has 20 heavy (non-hydrogen) atoms. The average Bonchev–Trinajstić information content (AvgIpc) is 2.44. The van der Waals surface area contributed by atoms with Crippen LogP contribution in [0.15, 0.2) is 0 Å². The molecule has 1 rings (SSSR count). The largest absolute Gasteiger partial charge is 0.480 e. The van der Waals surface area contributed by atoms with Crippen molar-refractivity contribution in [2.24, 2.45) is 11.8 Å². The SMILES string of the molecule is CCC(CC)(NC(=O)NCC1CCC(C)CC1)C(=O)O. The molecule has 5 heteroatoms. The van der Waals surface area contributed by atoms with Crippen molar-refractivity contribution in [3.05, 3.63) is 0 Å². The fraction of sp³-hybridized carbons (Fsp3) is 0.867. The van der Waals surface area contributed by atoms with Gasteiger partial charge in [0.05, 0.1) is 0 Å². The standard InChI is InChI=1S/C15H28N2O3/c1-4-15(5-2,13(18)19)17-14(20)16-10-12-8-6-11(3)7-9-12/h11-12H,4-10H2,1-3H3,(H,18,19)(H2,16,17,20). The predicted molar refractivity (Wildman–Crippen MR) is 78.6 cm³/mol. The van der Waals surface area contributed by atoms with Gasteiger partial charge >= 0.3 is 12.0 Å². The van der Waals surface area contributed by atoms with Crippen molar-refractivity contribution in [2.75, 3.05) is 6.54 Å². The van der Waals surface area contributed by atoms with Gasteiger partial charge in [-0.3, -0.25) is 0 Å². The number of carboxylic acid groups (broad SMARTS) is 1. The lowest BCUT2D eigenvalue weighted by Gasteiger charge is -2.29. The number of carbonyl (C=O) groups excluding carboxylic acids is 1. The van der Waals surface area contributed by atoms with Crippen molar-refractivity contribution < 1.29 is 14.7 Å². The van der Waals surface area contributed by atoms with Crippen molar-refractivity contribution in [3.8, 4) is 0 Å². The molecule has 1 fully saturated rings. The van der Waals surface area contributed by atoms with Crippen LogP contribution in [-0.2, 0) is 4.79 Å². The second kappa shape index (κ2) is 7.50. The molecule has 0 aromatic heterocycles. The summed E-state index contributed by atoms with van der Waals surface area (Å²) in [4.78, 5) is 23.2. The first kappa shape index (κ1) is 16.8. The minimum atomic E-state index is -1.15. The predicted octanol–water partition coefficient (Wildman–Crippen LogP) is 2.76. The third-order valence-electron chi connectivity index (χ3n) is 4.66. The number of aliphatic carboxylic acids is 1. The number of carbonyl (C=O) groups is 2. The molecule has 116 valence electrons. The molecule has 5 nitrogen and oxygen atoms in total. The van der Waals surface area contributed by atoms with Gasteiger partial charge in [0.15, 0.2) is 0 Å². The summed E-state index contributed by atoms with van der Waals surface area (Å²) in [5.41, 5.74) is -1.15. The van der Waals surface area contributed by atoms with Crippen LogP contribution in [0, 0.1) is 11.8 Å². The van der Waals surface area contributed by atoms with Crippen molar-refractivity contribution in [1.82, 2.24) is 10.6 Å². The molecule has 0 radical (unpaired) electrons. The summed E-state index contributed by atoms with van der Waals surface area (Å²) < 4.78 is 0. The van der Waals surface area contributed by atoms with E-state index in [9.17, 15) is 14.7 Å². The number of carboxylic acids is 1. The van der Waals surface area contributed by atoms with Gasteiger partial charge in [-0.15, -0.1) is 0 Å². The van der Waals surface area contributed by atoms with Crippen LogP contribution in [0.3, 0.4) is 0 Å². The van der Waals surface area contributed by atoms with E-state index >= 15 is 0 Å². The van der Waals surface area contributed by atoms with Gasteiger partial charge < -0.3 is 15.7 Å². The Morgan fingerprint density at radius 3 is 2.15 bits per heavy atom. The van der Waals surface area contributed by atoms with Gasteiger partial charge in [0, 0.05) is 6.54 Å². The summed E-state index contributed by atoms with van der Waals surface area (Å²) in [6, 6.07) is -0.366. The second-order valence-corrected chi connectivity index (χ2v) is 6.06. The number of urea groups is 1. The van der Waals surface area contributed by atoms with E-state index in [4.69, 9.17) is 0 Å². The lowest BCUT2D eigenvalue weighted by Crippen LogP contribution is -2.56. The molecule has 0 heterocycles. The maximum absolute atomic E-state index is 11.9. The number of rotatable bonds is 6. The van der Waals surface area contributed by atoms with Crippen molar-refractivity contribution in [3.63, 3.8) is 0 Å². The summed E-state index contributed by atoms with van der Waals surface area (Å²) in [6.07, 6.45) is 5.49. The molecular weight excluding hydrogens is 256 g/mol. The Kier molecular flexibility index (Phi) is 6.30. The fourth-order valence-corrected chi connectivity index (χ4v) is 2.81. The molecule has 2 amide bonds. The monoisotopic (exact) mass is 284 g/mol. The molecule has 1 saturated carbocycles. The molecule has 0 atom stereocenters. The van der Waals surface area contributed by atoms with E-state index in [1.54, 1.807) is 13.8 Å². The lowest BCUT2D eigenvalue weighted by molar-refractivity contribution is -0.144. The van der Waals surface area contributed by atoms with Gasteiger partial charge in [-0.2, -0.15) is 0 Å². The Morgan fingerprint density at radius 2 is 1.70 bits per heavy atom. The summed E-state index contributed by atoms with van der Waals surface area (Å²) in [6.45, 7) is 6.46. The van der Waals surface area contributed by atoms with E-state index in [-0.39, 0.29) is 6.03 Å². The van der Waals surface area contributed by atoms with Crippen molar-refractivity contribution >= 4 is 12.0 Å². The van der Waals surface area contributed by atoms with Crippen LogP contribution in [0.5, 0.6) is 0 Å². The first-order valence-electron chi connectivity index (χ1n) is 7.73. The van der Waals surface area contributed by atoms with Gasteiger partial charge in [-0.1, -0.05) is 33.6 Å². The van der Waals surface area contributed by atoms with Crippen LogP contribution in [0.4, 0.5) is 4.79 Å². The highest BCUT2D eigenvalue weighted by atomic mass is 16.4. The highest BCUT2D eigenvalue weighted by molar-refractivity contribution is 5.86. The first-order valence-corrected chi connectivity index (χ1v) is 7.73. The smallest absolute Gasteiger partial charge is 0.329 e. The molecule has 0 spiro atoms. The molecule has 1 aliphatic carbocycles. The van der Waals surface area contributed by atoms with E-state index in [0.29, 0.717) is 25.3 Å². The zero-order valence-electron chi connectivity index (χ0n) is 12.9. The molecule has 0 aromatic rings. The van der Waals surface area contributed by atoms with Crippen LogP contribution < -0.4 is 10.6 Å². The first-order chi connectivity index (χ1) is 9.43. The van der Waals surface area contributed by atoms with Crippen molar-refractivity contribution in [2.45, 2.75) is 64.8 Å². The van der Waals surface area contributed by atoms with E-state index in [2.05, 4.69) is 17.6 Å². The van der Waals surface area contributed by atoms with Crippen LogP contribution >= 0.6 is 0 Å². The Labute approximate surface area is 121 Å². The number of hydrogen-bond acceptors (Lipinski definition) is 2. The van der Waals surface area contributed by atoms with Gasteiger partial charge in [-0.25, -0.2) is 9.59 Å². The fourth-order valence-electron chi connectivity index (χ4n) is 2.81. The number of hydrogen-bond donors (Lipinski definition) is 3. The summed E-state index contributed by atoms with van der Waals surface area (Å²) in [5.74, 6) is 0.350. The third-order valence-corrected chi connectivity index (χ3v) is 4.66. The van der Waals surface area contributed by atoms with E-state index in [1.165, 1.54) is 12.8 Å². The third kappa shape index (κ3) is 4.39. The summed E-state index contributed by atoms with van der Waals surface area (Å²) >= 11 is 0. The lowest BCUT2D eigenvalue weighted by atomic mass is 9.83. The Bertz CT molecular complexity index is 332. The summed E-state index contributed by atoms with van der Waals surface area (Å²) in [7, 11) is 0.